The van der Waals surface area contributed by atoms with E-state index in [1.165, 1.54) is 38.5 Å². The lowest BCUT2D eigenvalue weighted by molar-refractivity contribution is -0.318. The number of methoxy groups -OCH3 is 2. The van der Waals surface area contributed by atoms with E-state index in [0.29, 0.717) is 22.7 Å². The van der Waals surface area contributed by atoms with Gasteiger partial charge in [0.05, 0.1) is 25.0 Å². The second kappa shape index (κ2) is 4.00. The van der Waals surface area contributed by atoms with Crippen LogP contribution in [-0.2, 0) is 28.7 Å². The number of ketones is 4. The highest BCUT2D eigenvalue weighted by atomic mass is 16.5. The fraction of sp³-hybridized carbons (Fsp3) is 0.455. The Bertz CT molecular complexity index is 1020. The van der Waals surface area contributed by atoms with Gasteiger partial charge in [0, 0.05) is 35.1 Å². The van der Waals surface area contributed by atoms with Crippen molar-refractivity contribution in [2.75, 3.05) is 14.2 Å². The number of hydrogen-bond donors (Lipinski definition) is 0. The van der Waals surface area contributed by atoms with Crippen LogP contribution in [0.1, 0.15) is 0 Å². The molecule has 3 fully saturated rings. The Morgan fingerprint density at radius 3 is 1.43 bits per heavy atom. The first kappa shape index (κ1) is 15.2. The van der Waals surface area contributed by atoms with Crippen molar-refractivity contribution < 1.29 is 28.7 Å². The SMILES string of the molecule is COC1=CC(=O)C23C1=CC(=O)C1C4C2C2C3C(=O)C=C3C(OC)=CC(=O)C31C24. The lowest BCUT2D eigenvalue weighted by atomic mass is 9.19. The standard InChI is InChI=1S/C22H16O6/c1-27-11-5-13(25)21-7(11)3-9(23)18-16-19(21)15-17(21)10(24)4-8-12(28-2)6-14(26)22(8,18)20(15)16/h3-6,15-20H,1-2H3. The molecule has 28 heavy (non-hydrogen) atoms. The summed E-state index contributed by atoms with van der Waals surface area (Å²) in [7, 11) is 2.94. The van der Waals surface area contributed by atoms with Crippen molar-refractivity contribution in [2.45, 2.75) is 0 Å². The topological polar surface area (TPSA) is 86.7 Å². The van der Waals surface area contributed by atoms with Crippen LogP contribution >= 0.6 is 0 Å². The summed E-state index contributed by atoms with van der Waals surface area (Å²) < 4.78 is 10.8. The van der Waals surface area contributed by atoms with Gasteiger partial charge < -0.3 is 9.47 Å². The van der Waals surface area contributed by atoms with Crippen LogP contribution in [0.15, 0.2) is 47.0 Å². The van der Waals surface area contributed by atoms with Gasteiger partial charge in [-0.3, -0.25) is 19.2 Å². The van der Waals surface area contributed by atoms with E-state index in [1.54, 1.807) is 0 Å². The van der Waals surface area contributed by atoms with Crippen LogP contribution < -0.4 is 0 Å². The number of ether oxygens (including phenoxy) is 2. The van der Waals surface area contributed by atoms with E-state index in [4.69, 9.17) is 9.47 Å². The smallest absolute Gasteiger partial charge is 0.171 e. The second-order valence-electron chi connectivity index (χ2n) is 8.97. The molecule has 0 aromatic rings. The predicted octanol–water partition coefficient (Wildman–Crippen LogP) is 0.941. The van der Waals surface area contributed by atoms with Crippen molar-refractivity contribution in [3.63, 3.8) is 0 Å². The van der Waals surface area contributed by atoms with Crippen molar-refractivity contribution >= 4 is 23.1 Å². The molecule has 0 N–H and O–H groups in total. The van der Waals surface area contributed by atoms with Gasteiger partial charge in [-0.1, -0.05) is 0 Å². The third-order valence-corrected chi connectivity index (χ3v) is 8.85. The quantitative estimate of drug-likeness (QED) is 0.713. The van der Waals surface area contributed by atoms with Crippen LogP contribution in [0.4, 0.5) is 0 Å². The molecule has 7 aliphatic rings. The zero-order valence-corrected chi connectivity index (χ0v) is 15.2. The fourth-order valence-electron chi connectivity index (χ4n) is 8.29. The van der Waals surface area contributed by atoms with Gasteiger partial charge in [0.2, 0.25) is 0 Å². The number of carbonyl (C=O) groups excluding carboxylic acids is 4. The molecule has 4 atom stereocenters. The minimum Gasteiger partial charge on any atom is -0.496 e. The summed E-state index contributed by atoms with van der Waals surface area (Å²) in [5.41, 5.74) is -0.879. The van der Waals surface area contributed by atoms with Crippen molar-refractivity contribution in [1.29, 1.82) is 0 Å². The Kier molecular flexibility index (Phi) is 2.17. The zero-order chi connectivity index (χ0) is 19.3. The van der Waals surface area contributed by atoms with Gasteiger partial charge in [0.15, 0.2) is 23.1 Å². The molecular weight excluding hydrogens is 360 g/mol. The Morgan fingerprint density at radius 1 is 0.679 bits per heavy atom. The molecule has 0 bridgehead atoms. The number of rotatable bonds is 2. The normalized spacial score (nSPS) is 50.5. The summed E-state index contributed by atoms with van der Waals surface area (Å²) in [6.07, 6.45) is 5.88. The molecule has 0 aromatic heterocycles. The molecule has 0 heterocycles. The largest absolute Gasteiger partial charge is 0.496 e. The Hall–Kier alpha value is -2.76. The van der Waals surface area contributed by atoms with Gasteiger partial charge in [-0.2, -0.15) is 0 Å². The predicted molar refractivity (Wildman–Crippen MR) is 92.2 cm³/mol. The summed E-state index contributed by atoms with van der Waals surface area (Å²) in [5, 5.41) is 0. The molecule has 2 spiro atoms. The number of hydrogen-bond acceptors (Lipinski definition) is 6. The molecule has 6 nitrogen and oxygen atoms in total. The first-order valence-corrected chi connectivity index (χ1v) is 9.58. The first-order chi connectivity index (χ1) is 13.4. The monoisotopic (exact) mass is 376 g/mol. The maximum atomic E-state index is 13.4. The highest BCUT2D eigenvalue weighted by Crippen LogP contribution is 2.89. The summed E-state index contributed by atoms with van der Waals surface area (Å²) in [6, 6.07) is 0. The summed E-state index contributed by atoms with van der Waals surface area (Å²) in [4.78, 5) is 53.1. The number of carbonyl (C=O) groups is 4. The van der Waals surface area contributed by atoms with Gasteiger partial charge in [-0.25, -0.2) is 0 Å². The van der Waals surface area contributed by atoms with Crippen molar-refractivity contribution in [3.05, 3.63) is 47.0 Å². The number of allylic oxidation sites excluding steroid dienone is 6. The average molecular weight is 376 g/mol. The van der Waals surface area contributed by atoms with Crippen LogP contribution in [0.3, 0.4) is 0 Å². The Balaban J connectivity index is 1.55. The Morgan fingerprint density at radius 2 is 1.07 bits per heavy atom. The van der Waals surface area contributed by atoms with Crippen LogP contribution in [0.2, 0.25) is 0 Å². The molecular formula is C22H16O6. The fourth-order valence-corrected chi connectivity index (χ4v) is 8.29. The molecule has 0 amide bonds. The molecule has 6 heteroatoms. The average Bonchev–Trinajstić information content (AvgIpc) is 3.10. The van der Waals surface area contributed by atoms with Crippen LogP contribution in [0.25, 0.3) is 0 Å². The molecule has 4 unspecified atom stereocenters. The zero-order valence-electron chi connectivity index (χ0n) is 15.2. The van der Waals surface area contributed by atoms with E-state index in [2.05, 4.69) is 0 Å². The van der Waals surface area contributed by atoms with E-state index >= 15 is 0 Å². The van der Waals surface area contributed by atoms with E-state index in [-0.39, 0.29) is 46.8 Å². The van der Waals surface area contributed by atoms with E-state index < -0.39 is 22.7 Å². The summed E-state index contributed by atoms with van der Waals surface area (Å²) in [5.74, 6) is -1.07. The minimum absolute atomic E-state index is 0.0427. The minimum atomic E-state index is -0.990. The maximum Gasteiger partial charge on any atom is 0.171 e. The molecule has 7 rings (SSSR count). The van der Waals surface area contributed by atoms with Crippen molar-refractivity contribution in [1.82, 2.24) is 0 Å². The second-order valence-corrected chi connectivity index (χ2v) is 8.97. The van der Waals surface area contributed by atoms with Crippen molar-refractivity contribution in [3.8, 4) is 0 Å². The summed E-state index contributed by atoms with van der Waals surface area (Å²) in [6.45, 7) is 0. The summed E-state index contributed by atoms with van der Waals surface area (Å²) >= 11 is 0. The van der Waals surface area contributed by atoms with E-state index in [9.17, 15) is 19.2 Å². The maximum absolute atomic E-state index is 13.4. The van der Waals surface area contributed by atoms with E-state index in [1.807, 2.05) is 0 Å². The van der Waals surface area contributed by atoms with Gasteiger partial charge >= 0.3 is 0 Å². The van der Waals surface area contributed by atoms with Crippen LogP contribution in [0, 0.1) is 46.3 Å². The van der Waals surface area contributed by atoms with Gasteiger partial charge in [-0.15, -0.1) is 0 Å². The lowest BCUT2D eigenvalue weighted by Crippen LogP contribution is -2.84. The molecule has 3 saturated carbocycles. The van der Waals surface area contributed by atoms with Gasteiger partial charge in [-0.05, 0) is 35.8 Å². The van der Waals surface area contributed by atoms with Crippen LogP contribution in [-0.4, -0.2) is 37.4 Å². The van der Waals surface area contributed by atoms with E-state index in [0.717, 1.165) is 0 Å². The van der Waals surface area contributed by atoms with Gasteiger partial charge in [0.1, 0.15) is 11.5 Å². The highest BCUT2D eigenvalue weighted by molar-refractivity contribution is 6.18. The Labute approximate surface area is 159 Å². The molecule has 140 valence electrons. The lowest BCUT2D eigenvalue weighted by Gasteiger charge is -2.80. The first-order valence-electron chi connectivity index (χ1n) is 9.58. The molecule has 0 aliphatic heterocycles. The molecule has 0 saturated heterocycles. The molecule has 0 aromatic carbocycles. The van der Waals surface area contributed by atoms with Gasteiger partial charge in [0.25, 0.3) is 0 Å². The van der Waals surface area contributed by atoms with Crippen molar-refractivity contribution in [2.24, 2.45) is 46.3 Å². The molecule has 0 radical (unpaired) electrons. The third-order valence-electron chi connectivity index (χ3n) is 8.85. The van der Waals surface area contributed by atoms with Crippen LogP contribution in [0.5, 0.6) is 0 Å². The highest BCUT2D eigenvalue weighted by Gasteiger charge is 2.92. The molecule has 7 aliphatic carbocycles. The third kappa shape index (κ3) is 1.04.